The summed E-state index contributed by atoms with van der Waals surface area (Å²) < 4.78 is 20.8. The molecule has 1 N–H and O–H groups in total. The van der Waals surface area contributed by atoms with Crippen LogP contribution in [-0.4, -0.2) is 34.5 Å². The Hall–Kier alpha value is -2.82. The van der Waals surface area contributed by atoms with E-state index in [0.29, 0.717) is 29.3 Å². The Balaban J connectivity index is 0.000000751. The number of anilines is 1. The van der Waals surface area contributed by atoms with E-state index in [1.165, 1.54) is 17.4 Å². The van der Waals surface area contributed by atoms with Crippen molar-refractivity contribution in [2.75, 3.05) is 18.6 Å². The zero-order valence-corrected chi connectivity index (χ0v) is 20.2. The average molecular weight is 506 g/mol. The van der Waals surface area contributed by atoms with Gasteiger partial charge in [0.05, 0.1) is 32.2 Å². The summed E-state index contributed by atoms with van der Waals surface area (Å²) in [5, 5.41) is 3.60. The van der Waals surface area contributed by atoms with Crippen molar-refractivity contribution < 1.29 is 13.9 Å². The molecule has 0 bridgehead atoms. The van der Waals surface area contributed by atoms with Crippen LogP contribution in [0.2, 0.25) is 5.28 Å². The van der Waals surface area contributed by atoms with Gasteiger partial charge < -0.3 is 9.53 Å². The first-order valence-corrected chi connectivity index (χ1v) is 12.2. The van der Waals surface area contributed by atoms with Gasteiger partial charge in [-0.25, -0.2) is 24.8 Å². The molecule has 1 atom stereocenters. The van der Waals surface area contributed by atoms with E-state index in [2.05, 4.69) is 20.7 Å². The van der Waals surface area contributed by atoms with E-state index in [4.69, 9.17) is 21.3 Å². The highest BCUT2D eigenvalue weighted by molar-refractivity contribution is 7.15. The van der Waals surface area contributed by atoms with E-state index >= 15 is 4.39 Å². The van der Waals surface area contributed by atoms with Gasteiger partial charge in [0.1, 0.15) is 6.29 Å². The standard InChI is InChI=1S/C20H19ClFN5O2S.C3H6O/c21-20-23-9-7-15(24-20)18-17(13-5-3-6-14(16(13)22)26-27-28)25-19(30-18)12-4-1-2-10-29-11-8-12;1-2-3-4/h3,5-7,9,12H,1-2,4,8,10-11H2,(H,26,28);3H,2H2,1H3. The van der Waals surface area contributed by atoms with Crippen LogP contribution in [0.5, 0.6) is 0 Å². The summed E-state index contributed by atoms with van der Waals surface area (Å²) in [4.78, 5) is 33.5. The van der Waals surface area contributed by atoms with Crippen LogP contribution < -0.4 is 5.43 Å². The van der Waals surface area contributed by atoms with Crippen molar-refractivity contribution in [1.82, 2.24) is 15.0 Å². The number of benzene rings is 1. The number of hydrogen-bond acceptors (Lipinski definition) is 8. The summed E-state index contributed by atoms with van der Waals surface area (Å²) in [6.07, 6.45) is 6.99. The lowest BCUT2D eigenvalue weighted by molar-refractivity contribution is -0.107. The first kappa shape index (κ1) is 25.8. The Labute approximate surface area is 205 Å². The number of thiazole rings is 1. The van der Waals surface area contributed by atoms with Gasteiger partial charge in [0.15, 0.2) is 5.82 Å². The van der Waals surface area contributed by atoms with Gasteiger partial charge >= 0.3 is 0 Å². The van der Waals surface area contributed by atoms with Crippen LogP contribution in [0.4, 0.5) is 10.1 Å². The van der Waals surface area contributed by atoms with Gasteiger partial charge in [0, 0.05) is 37.3 Å². The number of aromatic nitrogens is 3. The number of halogens is 2. The molecule has 1 fully saturated rings. The van der Waals surface area contributed by atoms with Crippen LogP contribution in [0.3, 0.4) is 0 Å². The number of ether oxygens (including phenoxy) is 1. The SMILES string of the molecule is CCC=O.O=NNc1cccc(-c2nc(C3CCCCOCC3)sc2-c2ccnc(Cl)n2)c1F. The van der Waals surface area contributed by atoms with Crippen molar-refractivity contribution in [3.05, 3.63) is 51.5 Å². The number of carbonyl (C=O) groups is 1. The van der Waals surface area contributed by atoms with Gasteiger partial charge in [0.25, 0.3) is 0 Å². The summed E-state index contributed by atoms with van der Waals surface area (Å²) in [5.74, 6) is -0.377. The quantitative estimate of drug-likeness (QED) is 0.178. The van der Waals surface area contributed by atoms with Crippen LogP contribution in [0, 0.1) is 10.7 Å². The van der Waals surface area contributed by atoms with Crippen LogP contribution in [0.15, 0.2) is 35.7 Å². The zero-order chi connectivity index (χ0) is 24.3. The zero-order valence-electron chi connectivity index (χ0n) is 18.7. The molecule has 1 aromatic carbocycles. The smallest absolute Gasteiger partial charge is 0.222 e. The molecular formula is C23H25ClFN5O3S. The van der Waals surface area contributed by atoms with E-state index in [1.807, 2.05) is 6.92 Å². The van der Waals surface area contributed by atoms with Gasteiger partial charge in [-0.05, 0) is 49.1 Å². The number of nitrogens with zero attached hydrogens (tertiary/aromatic N) is 4. The molecule has 0 radical (unpaired) electrons. The molecule has 0 amide bonds. The molecule has 4 rings (SSSR count). The summed E-state index contributed by atoms with van der Waals surface area (Å²) in [7, 11) is 0. The van der Waals surface area contributed by atoms with Gasteiger partial charge in [-0.1, -0.05) is 19.4 Å². The second-order valence-corrected chi connectivity index (χ2v) is 8.85. The van der Waals surface area contributed by atoms with Crippen molar-refractivity contribution in [2.24, 2.45) is 5.29 Å². The van der Waals surface area contributed by atoms with E-state index in [1.54, 1.807) is 24.4 Å². The largest absolute Gasteiger partial charge is 0.381 e. The van der Waals surface area contributed by atoms with Gasteiger partial charge in [0.2, 0.25) is 5.28 Å². The Bertz CT molecular complexity index is 1110. The number of aldehydes is 1. The van der Waals surface area contributed by atoms with E-state index in [-0.39, 0.29) is 22.5 Å². The van der Waals surface area contributed by atoms with Crippen molar-refractivity contribution in [3.8, 4) is 21.8 Å². The Kier molecular flexibility index (Phi) is 9.99. The fraction of sp³-hybridized carbons (Fsp3) is 0.391. The monoisotopic (exact) mass is 505 g/mol. The maximum absolute atomic E-state index is 15.1. The Morgan fingerprint density at radius 2 is 2.09 bits per heavy atom. The molecule has 0 aliphatic carbocycles. The van der Waals surface area contributed by atoms with Crippen LogP contribution in [0.1, 0.15) is 50.0 Å². The van der Waals surface area contributed by atoms with Gasteiger partial charge in [-0.2, -0.15) is 0 Å². The third-order valence-corrected chi connectivity index (χ3v) is 6.56. The topological polar surface area (TPSA) is 106 Å². The molecule has 1 aliphatic rings. The minimum Gasteiger partial charge on any atom is -0.381 e. The molecule has 8 nitrogen and oxygen atoms in total. The van der Waals surface area contributed by atoms with Crippen molar-refractivity contribution in [2.45, 2.75) is 44.9 Å². The van der Waals surface area contributed by atoms with E-state index in [0.717, 1.165) is 43.6 Å². The number of nitrogens with one attached hydrogen (secondary N) is 1. The lowest BCUT2D eigenvalue weighted by atomic mass is 9.98. The predicted octanol–water partition coefficient (Wildman–Crippen LogP) is 6.42. The number of hydrogen-bond donors (Lipinski definition) is 1. The maximum atomic E-state index is 15.1. The highest BCUT2D eigenvalue weighted by Gasteiger charge is 2.25. The van der Waals surface area contributed by atoms with Crippen molar-refractivity contribution in [3.63, 3.8) is 0 Å². The number of carbonyl (C=O) groups excluding carboxylic acids is 1. The molecular weight excluding hydrogens is 481 g/mol. The Morgan fingerprint density at radius 3 is 2.82 bits per heavy atom. The lowest BCUT2D eigenvalue weighted by Crippen LogP contribution is -2.09. The van der Waals surface area contributed by atoms with Crippen molar-refractivity contribution >= 4 is 34.9 Å². The molecule has 34 heavy (non-hydrogen) atoms. The molecule has 1 saturated heterocycles. The summed E-state index contributed by atoms with van der Waals surface area (Å²) >= 11 is 7.48. The highest BCUT2D eigenvalue weighted by Crippen LogP contribution is 2.42. The third-order valence-electron chi connectivity index (χ3n) is 5.14. The van der Waals surface area contributed by atoms with Crippen molar-refractivity contribution in [1.29, 1.82) is 0 Å². The van der Waals surface area contributed by atoms with Crippen LogP contribution >= 0.6 is 22.9 Å². The molecule has 0 spiro atoms. The fourth-order valence-electron chi connectivity index (χ4n) is 3.49. The van der Waals surface area contributed by atoms with Gasteiger partial charge in [-0.3, -0.25) is 0 Å². The minimum atomic E-state index is -0.601. The second kappa shape index (κ2) is 13.2. The molecule has 3 heterocycles. The van der Waals surface area contributed by atoms with E-state index in [9.17, 15) is 9.70 Å². The molecule has 1 unspecified atom stereocenters. The lowest BCUT2D eigenvalue weighted by Gasteiger charge is -2.17. The first-order valence-electron chi connectivity index (χ1n) is 11.0. The first-order chi connectivity index (χ1) is 16.6. The second-order valence-electron chi connectivity index (χ2n) is 7.48. The molecule has 2 aromatic heterocycles. The van der Waals surface area contributed by atoms with E-state index < -0.39 is 5.82 Å². The maximum Gasteiger partial charge on any atom is 0.222 e. The molecule has 3 aromatic rings. The van der Waals surface area contributed by atoms with Crippen LogP contribution in [-0.2, 0) is 9.53 Å². The number of nitroso groups, excluding NO2 is 1. The summed E-state index contributed by atoms with van der Waals surface area (Å²) in [6, 6.07) is 6.44. The molecule has 180 valence electrons. The highest BCUT2D eigenvalue weighted by atomic mass is 35.5. The third kappa shape index (κ3) is 6.62. The number of rotatable bonds is 6. The summed E-state index contributed by atoms with van der Waals surface area (Å²) in [5.41, 5.74) is 3.43. The molecule has 0 saturated carbocycles. The van der Waals surface area contributed by atoms with Gasteiger partial charge in [-0.15, -0.1) is 16.2 Å². The summed E-state index contributed by atoms with van der Waals surface area (Å²) in [6.45, 7) is 3.27. The fourth-order valence-corrected chi connectivity index (χ4v) is 4.86. The predicted molar refractivity (Wildman–Crippen MR) is 131 cm³/mol. The minimum absolute atomic E-state index is 0.0110. The van der Waals surface area contributed by atoms with Crippen LogP contribution in [0.25, 0.3) is 21.8 Å². The molecule has 11 heteroatoms. The molecule has 1 aliphatic heterocycles. The average Bonchev–Trinajstić information content (AvgIpc) is 3.25. The Morgan fingerprint density at radius 1 is 1.26 bits per heavy atom. The normalized spacial score (nSPS) is 15.9.